The third-order valence-corrected chi connectivity index (χ3v) is 2.60. The van der Waals surface area contributed by atoms with Gasteiger partial charge in [0, 0.05) is 5.56 Å². The number of nitrogens with two attached hydrogens (primary N) is 1. The van der Waals surface area contributed by atoms with Crippen LogP contribution < -0.4 is 5.73 Å². The number of phenolic OH excluding ortho intramolecular Hbond substituents is 1. The molecule has 0 amide bonds. The second kappa shape index (κ2) is 4.32. The zero-order chi connectivity index (χ0) is 15.2. The molecule has 1 aromatic carbocycles. The molecule has 0 saturated carbocycles. The van der Waals surface area contributed by atoms with E-state index in [4.69, 9.17) is 22.4 Å². The Morgan fingerprint density at radius 2 is 1.37 bits per heavy atom. The highest BCUT2D eigenvalue weighted by atomic mass is 35.5. The number of halogens is 8. The van der Waals surface area contributed by atoms with E-state index in [0.717, 1.165) is 0 Å². The summed E-state index contributed by atoms with van der Waals surface area (Å²) in [5.74, 6) is -1.18. The van der Waals surface area contributed by atoms with Crippen LogP contribution in [0.3, 0.4) is 0 Å². The van der Waals surface area contributed by atoms with E-state index in [2.05, 4.69) is 0 Å². The van der Waals surface area contributed by atoms with Crippen molar-refractivity contribution in [3.63, 3.8) is 0 Å². The Morgan fingerprint density at radius 1 is 0.947 bits per heavy atom. The molecule has 19 heavy (non-hydrogen) atoms. The van der Waals surface area contributed by atoms with Crippen LogP contribution in [0.1, 0.15) is 5.56 Å². The smallest absolute Gasteiger partial charge is 0.435 e. The van der Waals surface area contributed by atoms with Gasteiger partial charge in [-0.1, -0.05) is 11.6 Å². The van der Waals surface area contributed by atoms with Crippen molar-refractivity contribution in [3.05, 3.63) is 22.7 Å². The lowest BCUT2D eigenvalue weighted by Gasteiger charge is -2.30. The largest absolute Gasteiger partial charge is 0.506 e. The van der Waals surface area contributed by atoms with Crippen LogP contribution in [0.4, 0.5) is 36.4 Å². The highest BCUT2D eigenvalue weighted by molar-refractivity contribution is 6.33. The zero-order valence-electron chi connectivity index (χ0n) is 8.70. The number of hydrogen-bond donors (Lipinski definition) is 2. The highest BCUT2D eigenvalue weighted by Gasteiger charge is 2.73. The van der Waals surface area contributed by atoms with E-state index in [9.17, 15) is 30.7 Å². The number of alkyl halides is 7. The fourth-order valence-electron chi connectivity index (χ4n) is 1.29. The lowest BCUT2D eigenvalue weighted by atomic mass is 9.93. The van der Waals surface area contributed by atoms with Gasteiger partial charge in [-0.25, -0.2) is 4.39 Å². The van der Waals surface area contributed by atoms with Gasteiger partial charge in [-0.3, -0.25) is 0 Å². The maximum absolute atomic E-state index is 13.6. The number of hydrogen-bond acceptors (Lipinski definition) is 2. The first-order chi connectivity index (χ1) is 8.32. The zero-order valence-corrected chi connectivity index (χ0v) is 9.46. The molecule has 0 fully saturated rings. The van der Waals surface area contributed by atoms with Gasteiger partial charge in [0.1, 0.15) is 5.75 Å². The normalized spacial score (nSPS) is 13.7. The van der Waals surface area contributed by atoms with Gasteiger partial charge in [0.2, 0.25) is 0 Å². The molecule has 2 nitrogen and oxygen atoms in total. The Hall–Kier alpha value is -1.38. The van der Waals surface area contributed by atoms with Gasteiger partial charge in [0.15, 0.2) is 0 Å². The molecule has 0 bridgehead atoms. The second-order valence-corrected chi connectivity index (χ2v) is 3.95. The van der Waals surface area contributed by atoms with Crippen LogP contribution in [0.25, 0.3) is 0 Å². The summed E-state index contributed by atoms with van der Waals surface area (Å²) in [6.07, 6.45) is -12.6. The van der Waals surface area contributed by atoms with E-state index in [0.29, 0.717) is 0 Å². The fourth-order valence-corrected chi connectivity index (χ4v) is 1.50. The summed E-state index contributed by atoms with van der Waals surface area (Å²) >= 11 is 5.24. The van der Waals surface area contributed by atoms with Crippen LogP contribution in [0, 0.1) is 0 Å². The van der Waals surface area contributed by atoms with Crippen molar-refractivity contribution in [2.24, 2.45) is 0 Å². The number of nitrogen functional groups attached to an aromatic ring is 1. The number of benzene rings is 1. The maximum atomic E-state index is 13.6. The van der Waals surface area contributed by atoms with Gasteiger partial charge in [-0.2, -0.15) is 26.3 Å². The lowest BCUT2D eigenvalue weighted by Crippen LogP contribution is -2.50. The molecule has 0 heterocycles. The predicted octanol–water partition coefficient (Wildman–Crippen LogP) is 3.92. The average Bonchev–Trinajstić information content (AvgIpc) is 2.20. The van der Waals surface area contributed by atoms with Gasteiger partial charge in [0.05, 0.1) is 10.7 Å². The molecule has 0 saturated heterocycles. The molecule has 108 valence electrons. The van der Waals surface area contributed by atoms with Crippen molar-refractivity contribution in [2.75, 3.05) is 5.73 Å². The van der Waals surface area contributed by atoms with Crippen LogP contribution in [-0.4, -0.2) is 17.5 Å². The number of anilines is 1. The Labute approximate surface area is 106 Å². The van der Waals surface area contributed by atoms with E-state index in [1.807, 2.05) is 0 Å². The van der Waals surface area contributed by atoms with Crippen molar-refractivity contribution in [1.82, 2.24) is 0 Å². The minimum atomic E-state index is -6.28. The molecule has 1 aromatic rings. The number of aromatic hydroxyl groups is 1. The van der Waals surface area contributed by atoms with E-state index < -0.39 is 40.0 Å². The second-order valence-electron chi connectivity index (χ2n) is 3.54. The summed E-state index contributed by atoms with van der Waals surface area (Å²) in [6, 6.07) is -0.000216. The quantitative estimate of drug-likeness (QED) is 0.469. The summed E-state index contributed by atoms with van der Waals surface area (Å²) in [5.41, 5.74) is -3.17. The van der Waals surface area contributed by atoms with Crippen LogP contribution >= 0.6 is 11.6 Å². The van der Waals surface area contributed by atoms with Crippen molar-refractivity contribution in [1.29, 1.82) is 0 Å². The Morgan fingerprint density at radius 3 is 1.68 bits per heavy atom. The van der Waals surface area contributed by atoms with E-state index >= 15 is 0 Å². The highest BCUT2D eigenvalue weighted by Crippen LogP contribution is 2.54. The molecule has 0 aliphatic rings. The van der Waals surface area contributed by atoms with Crippen molar-refractivity contribution >= 4 is 17.3 Å². The molecule has 0 unspecified atom stereocenters. The number of phenols is 1. The van der Waals surface area contributed by atoms with Crippen molar-refractivity contribution in [2.45, 2.75) is 18.0 Å². The summed E-state index contributed by atoms with van der Waals surface area (Å²) in [5, 5.41) is 8.24. The van der Waals surface area contributed by atoms with Crippen molar-refractivity contribution < 1.29 is 35.8 Å². The van der Waals surface area contributed by atoms with Gasteiger partial charge < -0.3 is 10.8 Å². The molecule has 0 radical (unpaired) electrons. The number of rotatable bonds is 1. The van der Waals surface area contributed by atoms with Gasteiger partial charge in [-0.15, -0.1) is 0 Å². The monoisotopic (exact) mass is 311 g/mol. The molecular weight excluding hydrogens is 307 g/mol. The molecule has 10 heteroatoms. The van der Waals surface area contributed by atoms with E-state index in [-0.39, 0.29) is 12.1 Å². The molecule has 1 rings (SSSR count). The SMILES string of the molecule is Nc1c(O)cc(C(F)(C(F)(F)F)C(F)(F)F)cc1Cl. The molecular formula is C9H5ClF7NO. The first-order valence-electron chi connectivity index (χ1n) is 4.43. The fraction of sp³-hybridized carbons (Fsp3) is 0.333. The first kappa shape index (κ1) is 15.7. The van der Waals surface area contributed by atoms with Crippen molar-refractivity contribution in [3.8, 4) is 5.75 Å². The van der Waals surface area contributed by atoms with Crippen LogP contribution in [-0.2, 0) is 5.67 Å². The average molecular weight is 312 g/mol. The topological polar surface area (TPSA) is 46.2 Å². The van der Waals surface area contributed by atoms with Gasteiger partial charge >= 0.3 is 18.0 Å². The van der Waals surface area contributed by atoms with Crippen LogP contribution in [0.2, 0.25) is 5.02 Å². The van der Waals surface area contributed by atoms with E-state index in [1.54, 1.807) is 0 Å². The first-order valence-corrected chi connectivity index (χ1v) is 4.81. The maximum Gasteiger partial charge on any atom is 0.435 e. The third-order valence-electron chi connectivity index (χ3n) is 2.29. The molecule has 0 aliphatic carbocycles. The molecule has 0 aliphatic heterocycles. The van der Waals surface area contributed by atoms with Gasteiger partial charge in [-0.05, 0) is 12.1 Å². The summed E-state index contributed by atoms with van der Waals surface area (Å²) in [7, 11) is 0. The lowest BCUT2D eigenvalue weighted by molar-refractivity contribution is -0.348. The minimum Gasteiger partial charge on any atom is -0.506 e. The Bertz CT molecular complexity index is 459. The Kier molecular flexibility index (Phi) is 3.57. The summed E-state index contributed by atoms with van der Waals surface area (Å²) < 4.78 is 88.0. The van der Waals surface area contributed by atoms with Crippen LogP contribution in [0.15, 0.2) is 12.1 Å². The summed E-state index contributed by atoms with van der Waals surface area (Å²) in [6.45, 7) is 0. The summed E-state index contributed by atoms with van der Waals surface area (Å²) in [4.78, 5) is 0. The minimum absolute atomic E-state index is 0.0671. The Balaban J connectivity index is 3.62. The molecule has 0 atom stereocenters. The van der Waals surface area contributed by atoms with Crippen LogP contribution in [0.5, 0.6) is 5.75 Å². The van der Waals surface area contributed by atoms with E-state index in [1.165, 1.54) is 0 Å². The molecule has 0 aromatic heterocycles. The van der Waals surface area contributed by atoms with Gasteiger partial charge in [0.25, 0.3) is 0 Å². The standard InChI is InChI=1S/C9H5ClF7NO/c10-4-1-3(2-5(19)6(4)18)7(11,8(12,13)14)9(15,16)17/h1-2,19H,18H2. The molecule has 3 N–H and O–H groups in total. The predicted molar refractivity (Wildman–Crippen MR) is 52.4 cm³/mol. The third kappa shape index (κ3) is 2.38. The molecule has 0 spiro atoms.